The second-order valence-corrected chi connectivity index (χ2v) is 4.98. The monoisotopic (exact) mass is 212 g/mol. The normalized spacial score (nSPS) is 22.5. The van der Waals surface area contributed by atoms with Crippen LogP contribution in [0.1, 0.15) is 26.2 Å². The van der Waals surface area contributed by atoms with Gasteiger partial charge in [-0.15, -0.1) is 0 Å². The summed E-state index contributed by atoms with van der Waals surface area (Å²) in [7, 11) is 4.36. The Bertz CT molecular complexity index is 206. The smallest absolute Gasteiger partial charge is 0.129 e. The molecule has 0 aromatic heterocycles. The molecule has 1 saturated heterocycles. The minimum atomic E-state index is 0.309. The lowest BCUT2D eigenvalue weighted by Crippen LogP contribution is -2.28. The van der Waals surface area contributed by atoms with Crippen molar-refractivity contribution in [3.8, 4) is 0 Å². The summed E-state index contributed by atoms with van der Waals surface area (Å²) in [5, 5.41) is 0. The van der Waals surface area contributed by atoms with Gasteiger partial charge in [-0.2, -0.15) is 0 Å². The van der Waals surface area contributed by atoms with E-state index in [9.17, 15) is 4.79 Å². The van der Waals surface area contributed by atoms with Crippen LogP contribution in [0.5, 0.6) is 0 Å². The Balaban J connectivity index is 2.07. The van der Waals surface area contributed by atoms with Gasteiger partial charge in [0.2, 0.25) is 0 Å². The Morgan fingerprint density at radius 1 is 1.53 bits per heavy atom. The summed E-state index contributed by atoms with van der Waals surface area (Å²) in [6.45, 7) is 6.39. The van der Waals surface area contributed by atoms with Crippen LogP contribution in [0.2, 0.25) is 0 Å². The molecule has 0 aromatic carbocycles. The van der Waals surface area contributed by atoms with E-state index in [2.05, 4.69) is 23.9 Å². The van der Waals surface area contributed by atoms with Crippen molar-refractivity contribution in [1.82, 2.24) is 9.80 Å². The van der Waals surface area contributed by atoms with Crippen LogP contribution in [-0.2, 0) is 4.79 Å². The van der Waals surface area contributed by atoms with E-state index in [4.69, 9.17) is 0 Å². The van der Waals surface area contributed by atoms with Crippen molar-refractivity contribution in [2.45, 2.75) is 26.2 Å². The average Bonchev–Trinajstić information content (AvgIpc) is 2.50. The first-order chi connectivity index (χ1) is 7.08. The van der Waals surface area contributed by atoms with Crippen LogP contribution in [0.15, 0.2) is 0 Å². The Morgan fingerprint density at radius 2 is 2.27 bits per heavy atom. The van der Waals surface area contributed by atoms with E-state index in [0.717, 1.165) is 25.3 Å². The van der Waals surface area contributed by atoms with Crippen molar-refractivity contribution in [3.05, 3.63) is 0 Å². The quantitative estimate of drug-likeness (QED) is 0.662. The van der Waals surface area contributed by atoms with Gasteiger partial charge in [-0.3, -0.25) is 0 Å². The molecule has 0 amide bonds. The molecule has 0 bridgehead atoms. The largest absolute Gasteiger partial charge is 0.306 e. The topological polar surface area (TPSA) is 23.6 Å². The molecule has 1 unspecified atom stereocenters. The van der Waals surface area contributed by atoms with Gasteiger partial charge in [0.25, 0.3) is 0 Å². The van der Waals surface area contributed by atoms with Gasteiger partial charge in [-0.25, -0.2) is 0 Å². The highest BCUT2D eigenvalue weighted by molar-refractivity contribution is 5.75. The lowest BCUT2D eigenvalue weighted by molar-refractivity contribution is -0.117. The highest BCUT2D eigenvalue weighted by Gasteiger charge is 2.20. The molecule has 1 fully saturated rings. The molecular formula is C12H24N2O. The molecule has 1 rings (SSSR count). The van der Waals surface area contributed by atoms with Gasteiger partial charge in [0.05, 0.1) is 0 Å². The van der Waals surface area contributed by atoms with E-state index < -0.39 is 0 Å². The summed E-state index contributed by atoms with van der Waals surface area (Å²) in [6, 6.07) is 0. The van der Waals surface area contributed by atoms with Gasteiger partial charge >= 0.3 is 0 Å². The number of nitrogens with zero attached hydrogens (tertiary/aromatic N) is 2. The predicted molar refractivity (Wildman–Crippen MR) is 63.0 cm³/mol. The lowest BCUT2D eigenvalue weighted by atomic mass is 10.1. The number of carbonyl (C=O) groups excluding carboxylic acids is 1. The molecular weight excluding hydrogens is 188 g/mol. The molecule has 0 aromatic rings. The molecule has 88 valence electrons. The molecule has 0 aliphatic carbocycles. The SMILES string of the molecule is CC(=O)CCCN(C)CC1CCN(C)C1. The molecule has 3 heteroatoms. The van der Waals surface area contributed by atoms with Crippen LogP contribution in [0.25, 0.3) is 0 Å². The summed E-state index contributed by atoms with van der Waals surface area (Å²) >= 11 is 0. The minimum absolute atomic E-state index is 0.309. The molecule has 15 heavy (non-hydrogen) atoms. The Morgan fingerprint density at radius 3 is 2.80 bits per heavy atom. The zero-order valence-electron chi connectivity index (χ0n) is 10.3. The van der Waals surface area contributed by atoms with Gasteiger partial charge in [-0.1, -0.05) is 0 Å². The maximum atomic E-state index is 10.8. The van der Waals surface area contributed by atoms with E-state index in [0.29, 0.717) is 5.78 Å². The fourth-order valence-electron chi connectivity index (χ4n) is 2.31. The van der Waals surface area contributed by atoms with Crippen LogP contribution >= 0.6 is 0 Å². The van der Waals surface area contributed by atoms with Crippen LogP contribution in [0, 0.1) is 5.92 Å². The summed E-state index contributed by atoms with van der Waals surface area (Å²) in [4.78, 5) is 15.6. The summed E-state index contributed by atoms with van der Waals surface area (Å²) in [5.41, 5.74) is 0. The number of carbonyl (C=O) groups is 1. The molecule has 1 heterocycles. The van der Waals surface area contributed by atoms with Gasteiger partial charge in [-0.05, 0) is 52.9 Å². The van der Waals surface area contributed by atoms with Crippen molar-refractivity contribution < 1.29 is 4.79 Å². The average molecular weight is 212 g/mol. The maximum absolute atomic E-state index is 10.8. The fourth-order valence-corrected chi connectivity index (χ4v) is 2.31. The zero-order valence-corrected chi connectivity index (χ0v) is 10.3. The van der Waals surface area contributed by atoms with Gasteiger partial charge in [0.1, 0.15) is 5.78 Å². The maximum Gasteiger partial charge on any atom is 0.129 e. The van der Waals surface area contributed by atoms with Crippen LogP contribution in [0.3, 0.4) is 0 Å². The first-order valence-corrected chi connectivity index (χ1v) is 5.94. The van der Waals surface area contributed by atoms with E-state index in [-0.39, 0.29) is 0 Å². The first kappa shape index (κ1) is 12.7. The van der Waals surface area contributed by atoms with Crippen molar-refractivity contribution >= 4 is 5.78 Å². The number of hydrogen-bond donors (Lipinski definition) is 0. The molecule has 0 saturated carbocycles. The third kappa shape index (κ3) is 5.28. The number of Topliss-reactive ketones (excluding diaryl/α,β-unsaturated/α-hetero) is 1. The molecule has 1 aliphatic rings. The highest BCUT2D eigenvalue weighted by Crippen LogP contribution is 2.15. The lowest BCUT2D eigenvalue weighted by Gasteiger charge is -2.20. The van der Waals surface area contributed by atoms with Crippen LogP contribution in [0.4, 0.5) is 0 Å². The summed E-state index contributed by atoms with van der Waals surface area (Å²) in [5.74, 6) is 1.14. The highest BCUT2D eigenvalue weighted by atomic mass is 16.1. The number of likely N-dealkylation sites (tertiary alicyclic amines) is 1. The minimum Gasteiger partial charge on any atom is -0.306 e. The van der Waals surface area contributed by atoms with E-state index in [1.165, 1.54) is 26.1 Å². The van der Waals surface area contributed by atoms with E-state index >= 15 is 0 Å². The van der Waals surface area contributed by atoms with Gasteiger partial charge in [0, 0.05) is 19.5 Å². The standard InChI is InChI=1S/C12H24N2O/c1-11(15)5-4-7-13(2)9-12-6-8-14(3)10-12/h12H,4-10H2,1-3H3. The zero-order chi connectivity index (χ0) is 11.3. The molecule has 1 atom stereocenters. The fraction of sp³-hybridized carbons (Fsp3) is 0.917. The Hall–Kier alpha value is -0.410. The van der Waals surface area contributed by atoms with Crippen LogP contribution in [-0.4, -0.2) is 55.9 Å². The van der Waals surface area contributed by atoms with Crippen molar-refractivity contribution in [3.63, 3.8) is 0 Å². The Labute approximate surface area is 93.4 Å². The van der Waals surface area contributed by atoms with E-state index in [1.54, 1.807) is 6.92 Å². The number of ketones is 1. The van der Waals surface area contributed by atoms with E-state index in [1.807, 2.05) is 0 Å². The molecule has 1 aliphatic heterocycles. The van der Waals surface area contributed by atoms with Crippen molar-refractivity contribution in [2.75, 3.05) is 40.3 Å². The number of rotatable bonds is 6. The van der Waals surface area contributed by atoms with Crippen molar-refractivity contribution in [2.24, 2.45) is 5.92 Å². The number of hydrogen-bond acceptors (Lipinski definition) is 3. The van der Waals surface area contributed by atoms with Crippen LogP contribution < -0.4 is 0 Å². The third-order valence-electron chi connectivity index (χ3n) is 3.13. The molecule has 0 radical (unpaired) electrons. The molecule has 0 N–H and O–H groups in total. The molecule has 3 nitrogen and oxygen atoms in total. The first-order valence-electron chi connectivity index (χ1n) is 5.94. The Kier molecular flexibility index (Phi) is 5.26. The third-order valence-corrected chi connectivity index (χ3v) is 3.13. The van der Waals surface area contributed by atoms with Gasteiger partial charge < -0.3 is 14.6 Å². The van der Waals surface area contributed by atoms with Gasteiger partial charge in [0.15, 0.2) is 0 Å². The summed E-state index contributed by atoms with van der Waals surface area (Å²) < 4.78 is 0. The van der Waals surface area contributed by atoms with Crippen molar-refractivity contribution in [1.29, 1.82) is 0 Å². The predicted octanol–water partition coefficient (Wildman–Crippen LogP) is 1.24. The summed E-state index contributed by atoms with van der Waals surface area (Å²) in [6.07, 6.45) is 3.07. The molecule has 0 spiro atoms. The second kappa shape index (κ2) is 6.23. The second-order valence-electron chi connectivity index (χ2n) is 4.98.